The number of rotatable bonds is 4. The highest BCUT2D eigenvalue weighted by atomic mass is 35.5. The van der Waals surface area contributed by atoms with Gasteiger partial charge in [0.25, 0.3) is 5.91 Å². The second-order valence-electron chi connectivity index (χ2n) is 5.54. The molecule has 0 unspecified atom stereocenters. The fourth-order valence-corrected chi connectivity index (χ4v) is 3.32. The minimum atomic E-state index is -4.61. The van der Waals surface area contributed by atoms with Crippen LogP contribution in [-0.2, 0) is 13.2 Å². The van der Waals surface area contributed by atoms with Crippen LogP contribution < -0.4 is 5.32 Å². The average molecular weight is 412 g/mol. The van der Waals surface area contributed by atoms with Crippen LogP contribution in [0.5, 0.6) is 0 Å². The lowest BCUT2D eigenvalue weighted by Crippen LogP contribution is -2.16. The molecule has 1 amide bonds. The summed E-state index contributed by atoms with van der Waals surface area (Å²) in [6.45, 7) is 0. The molecular weight excluding hydrogens is 399 g/mol. The number of hydrogen-bond acceptors (Lipinski definition) is 3. The van der Waals surface area contributed by atoms with E-state index in [0.29, 0.717) is 10.7 Å². The predicted octanol–water partition coefficient (Wildman–Crippen LogP) is 5.50. The second kappa shape index (κ2) is 7.66. The highest BCUT2D eigenvalue weighted by Gasteiger charge is 2.35. The van der Waals surface area contributed by atoms with Gasteiger partial charge in [-0.2, -0.15) is 18.3 Å². The van der Waals surface area contributed by atoms with Crippen molar-refractivity contribution >= 4 is 35.0 Å². The number of carbonyl (C=O) groups is 1. The van der Waals surface area contributed by atoms with Crippen LogP contribution in [-0.4, -0.2) is 15.7 Å². The van der Waals surface area contributed by atoms with Crippen LogP contribution >= 0.6 is 23.4 Å². The summed E-state index contributed by atoms with van der Waals surface area (Å²) in [5, 5.41) is 6.62. The molecule has 3 rings (SSSR count). The molecule has 0 aliphatic carbocycles. The van der Waals surface area contributed by atoms with Crippen molar-refractivity contribution < 1.29 is 18.0 Å². The Kier molecular flexibility index (Phi) is 5.48. The molecule has 2 aromatic carbocycles. The Hall–Kier alpha value is -2.45. The Balaban J connectivity index is 1.83. The lowest BCUT2D eigenvalue weighted by molar-refractivity contribution is -0.141. The molecule has 0 saturated carbocycles. The van der Waals surface area contributed by atoms with E-state index < -0.39 is 17.8 Å². The number of nitrogens with one attached hydrogen (secondary N) is 1. The number of carbonyl (C=O) groups excluding carboxylic acids is 1. The van der Waals surface area contributed by atoms with E-state index in [1.807, 2.05) is 12.1 Å². The zero-order valence-corrected chi connectivity index (χ0v) is 15.5. The Morgan fingerprint density at radius 1 is 1.15 bits per heavy atom. The average Bonchev–Trinajstić information content (AvgIpc) is 3.01. The number of benzene rings is 2. The van der Waals surface area contributed by atoms with Crippen molar-refractivity contribution in [1.82, 2.24) is 9.78 Å². The van der Waals surface area contributed by atoms with E-state index >= 15 is 0 Å². The Labute approximate surface area is 162 Å². The van der Waals surface area contributed by atoms with E-state index in [4.69, 9.17) is 11.6 Å². The third-order valence-electron chi connectivity index (χ3n) is 3.58. The number of aromatic nitrogens is 2. The number of halogens is 4. The van der Waals surface area contributed by atoms with Crippen molar-refractivity contribution in [2.75, 3.05) is 5.32 Å². The van der Waals surface area contributed by atoms with Gasteiger partial charge in [0.1, 0.15) is 5.69 Å². The third-order valence-corrected chi connectivity index (χ3v) is 4.92. The standard InChI is InChI=1S/C18H13ClF3N3OS/c1-25-14(10-16(24-25)18(20,21)22)17(26)23-13-4-2-3-5-15(13)27-12-8-6-11(19)7-9-12/h2-10H,1H3,(H,23,26). The molecule has 4 nitrogen and oxygen atoms in total. The van der Waals surface area contributed by atoms with Gasteiger partial charge in [0.2, 0.25) is 0 Å². The molecule has 1 N–H and O–H groups in total. The van der Waals surface area contributed by atoms with Crippen molar-refractivity contribution in [3.63, 3.8) is 0 Å². The molecule has 0 bridgehead atoms. The van der Waals surface area contributed by atoms with Gasteiger partial charge < -0.3 is 5.32 Å². The van der Waals surface area contributed by atoms with E-state index in [1.165, 1.54) is 18.8 Å². The second-order valence-corrected chi connectivity index (χ2v) is 7.09. The van der Waals surface area contributed by atoms with Crippen molar-refractivity contribution in [2.24, 2.45) is 7.05 Å². The normalized spacial score (nSPS) is 11.4. The molecule has 1 heterocycles. The van der Waals surface area contributed by atoms with Crippen molar-refractivity contribution in [3.05, 3.63) is 71.0 Å². The first-order valence-electron chi connectivity index (χ1n) is 7.69. The Bertz CT molecular complexity index is 971. The van der Waals surface area contributed by atoms with E-state index in [1.54, 1.807) is 36.4 Å². The molecule has 3 aromatic rings. The maximum atomic E-state index is 12.8. The number of anilines is 1. The Morgan fingerprint density at radius 3 is 2.44 bits per heavy atom. The van der Waals surface area contributed by atoms with Gasteiger partial charge in [0, 0.05) is 27.9 Å². The van der Waals surface area contributed by atoms with E-state index in [0.717, 1.165) is 20.5 Å². The Morgan fingerprint density at radius 2 is 1.81 bits per heavy atom. The molecule has 0 aliphatic heterocycles. The van der Waals surface area contributed by atoms with E-state index in [9.17, 15) is 18.0 Å². The molecule has 0 saturated heterocycles. The number of alkyl halides is 3. The van der Waals surface area contributed by atoms with Crippen molar-refractivity contribution in [3.8, 4) is 0 Å². The van der Waals surface area contributed by atoms with Gasteiger partial charge in [-0.3, -0.25) is 9.48 Å². The summed E-state index contributed by atoms with van der Waals surface area (Å²) in [7, 11) is 1.29. The number of hydrogen-bond donors (Lipinski definition) is 1. The van der Waals surface area contributed by atoms with Crippen LogP contribution in [0.25, 0.3) is 0 Å². The summed E-state index contributed by atoms with van der Waals surface area (Å²) in [6, 6.07) is 14.9. The zero-order chi connectivity index (χ0) is 19.6. The fourth-order valence-electron chi connectivity index (χ4n) is 2.29. The van der Waals surface area contributed by atoms with E-state index in [-0.39, 0.29) is 5.69 Å². The maximum Gasteiger partial charge on any atom is 0.435 e. The third kappa shape index (κ3) is 4.64. The highest BCUT2D eigenvalue weighted by Crippen LogP contribution is 2.34. The fraction of sp³-hybridized carbons (Fsp3) is 0.111. The largest absolute Gasteiger partial charge is 0.435 e. The monoisotopic (exact) mass is 411 g/mol. The summed E-state index contributed by atoms with van der Waals surface area (Å²) < 4.78 is 39.3. The maximum absolute atomic E-state index is 12.8. The first kappa shape index (κ1) is 19.3. The molecule has 0 fully saturated rings. The summed E-state index contributed by atoms with van der Waals surface area (Å²) in [5.74, 6) is -0.676. The van der Waals surface area contributed by atoms with Gasteiger partial charge in [-0.1, -0.05) is 35.5 Å². The number of nitrogens with zero attached hydrogens (tertiary/aromatic N) is 2. The predicted molar refractivity (Wildman–Crippen MR) is 98.2 cm³/mol. The van der Waals surface area contributed by atoms with Gasteiger partial charge in [0.15, 0.2) is 5.69 Å². The lowest BCUT2D eigenvalue weighted by atomic mass is 10.3. The molecule has 9 heteroatoms. The van der Waals surface area contributed by atoms with Crippen LogP contribution in [0.1, 0.15) is 16.2 Å². The quantitative estimate of drug-likeness (QED) is 0.617. The first-order chi connectivity index (χ1) is 12.7. The number of amides is 1. The molecule has 0 atom stereocenters. The van der Waals surface area contributed by atoms with Crippen LogP contribution in [0, 0.1) is 0 Å². The minimum Gasteiger partial charge on any atom is -0.320 e. The summed E-state index contributed by atoms with van der Waals surface area (Å²) in [6.07, 6.45) is -4.61. The van der Waals surface area contributed by atoms with Crippen LogP contribution in [0.15, 0.2) is 64.4 Å². The summed E-state index contributed by atoms with van der Waals surface area (Å²) >= 11 is 7.27. The van der Waals surface area contributed by atoms with Gasteiger partial charge in [0.05, 0.1) is 5.69 Å². The molecule has 0 spiro atoms. The lowest BCUT2D eigenvalue weighted by Gasteiger charge is -2.11. The first-order valence-corrected chi connectivity index (χ1v) is 8.88. The summed E-state index contributed by atoms with van der Waals surface area (Å²) in [4.78, 5) is 14.1. The smallest absolute Gasteiger partial charge is 0.320 e. The van der Waals surface area contributed by atoms with Gasteiger partial charge in [-0.15, -0.1) is 0 Å². The van der Waals surface area contributed by atoms with E-state index in [2.05, 4.69) is 10.4 Å². The minimum absolute atomic E-state index is 0.186. The summed E-state index contributed by atoms with van der Waals surface area (Å²) in [5.41, 5.74) is -0.815. The van der Waals surface area contributed by atoms with Gasteiger partial charge >= 0.3 is 6.18 Å². The molecule has 1 aromatic heterocycles. The molecule has 0 aliphatic rings. The van der Waals surface area contributed by atoms with Crippen LogP contribution in [0.3, 0.4) is 0 Å². The van der Waals surface area contributed by atoms with Crippen molar-refractivity contribution in [1.29, 1.82) is 0 Å². The SMILES string of the molecule is Cn1nc(C(F)(F)F)cc1C(=O)Nc1ccccc1Sc1ccc(Cl)cc1. The topological polar surface area (TPSA) is 46.9 Å². The van der Waals surface area contributed by atoms with Gasteiger partial charge in [-0.05, 0) is 36.4 Å². The molecule has 0 radical (unpaired) electrons. The van der Waals surface area contributed by atoms with Crippen LogP contribution in [0.4, 0.5) is 18.9 Å². The molecule has 27 heavy (non-hydrogen) atoms. The molecule has 140 valence electrons. The molecular formula is C18H13ClF3N3OS. The highest BCUT2D eigenvalue weighted by molar-refractivity contribution is 7.99. The zero-order valence-electron chi connectivity index (χ0n) is 13.9. The van der Waals surface area contributed by atoms with Crippen LogP contribution in [0.2, 0.25) is 5.02 Å². The number of para-hydroxylation sites is 1. The number of aryl methyl sites for hydroxylation is 1. The van der Waals surface area contributed by atoms with Gasteiger partial charge in [-0.25, -0.2) is 0 Å². The van der Waals surface area contributed by atoms with Crippen molar-refractivity contribution in [2.45, 2.75) is 16.0 Å².